The maximum Gasteiger partial charge on any atom is 0.233 e. The molecule has 2 fully saturated rings. The molecule has 2 aliphatic heterocycles. The van der Waals surface area contributed by atoms with E-state index >= 15 is 0 Å². The van der Waals surface area contributed by atoms with Gasteiger partial charge in [0.25, 0.3) is 0 Å². The molecule has 0 aliphatic carbocycles. The van der Waals surface area contributed by atoms with E-state index in [4.69, 9.17) is 11.6 Å². The van der Waals surface area contributed by atoms with E-state index in [1.165, 1.54) is 18.2 Å². The SMILES string of the molecule is O=C(CSCC(=O)N1CCNCC1c1ccccc1Cl)N1CCCCC1. The number of rotatable bonds is 5. The average molecular weight is 396 g/mol. The third-order valence-corrected chi connectivity index (χ3v) is 6.23. The number of likely N-dealkylation sites (tertiary alicyclic amines) is 1. The fourth-order valence-electron chi connectivity index (χ4n) is 3.57. The first kappa shape index (κ1) is 19.5. The second-order valence-electron chi connectivity index (χ2n) is 6.76. The minimum Gasteiger partial charge on any atom is -0.342 e. The van der Waals surface area contributed by atoms with Gasteiger partial charge in [0.05, 0.1) is 17.5 Å². The van der Waals surface area contributed by atoms with E-state index in [1.807, 2.05) is 34.1 Å². The number of piperidine rings is 1. The number of hydrogen-bond acceptors (Lipinski definition) is 4. The van der Waals surface area contributed by atoms with Gasteiger partial charge in [-0.2, -0.15) is 0 Å². The minimum atomic E-state index is -0.0525. The van der Waals surface area contributed by atoms with Crippen LogP contribution >= 0.6 is 23.4 Å². The van der Waals surface area contributed by atoms with Gasteiger partial charge in [0.2, 0.25) is 11.8 Å². The summed E-state index contributed by atoms with van der Waals surface area (Å²) in [6.07, 6.45) is 3.40. The molecule has 1 N–H and O–H groups in total. The topological polar surface area (TPSA) is 52.7 Å². The molecule has 1 unspecified atom stereocenters. The number of amides is 2. The molecule has 0 spiro atoms. The van der Waals surface area contributed by atoms with Crippen LogP contribution in [-0.2, 0) is 9.59 Å². The van der Waals surface area contributed by atoms with Crippen molar-refractivity contribution < 1.29 is 9.59 Å². The third kappa shape index (κ3) is 4.93. The fourth-order valence-corrected chi connectivity index (χ4v) is 4.63. The highest BCUT2D eigenvalue weighted by molar-refractivity contribution is 8.00. The molecule has 0 radical (unpaired) electrons. The molecule has 2 heterocycles. The van der Waals surface area contributed by atoms with Gasteiger partial charge in [-0.15, -0.1) is 11.8 Å². The maximum absolute atomic E-state index is 12.8. The van der Waals surface area contributed by atoms with Crippen molar-refractivity contribution in [3.63, 3.8) is 0 Å². The van der Waals surface area contributed by atoms with Crippen molar-refractivity contribution in [1.29, 1.82) is 0 Å². The van der Waals surface area contributed by atoms with E-state index in [0.29, 0.717) is 29.6 Å². The number of thioether (sulfide) groups is 1. The summed E-state index contributed by atoms with van der Waals surface area (Å²) in [6.45, 7) is 3.87. The Balaban J connectivity index is 1.54. The van der Waals surface area contributed by atoms with Gasteiger partial charge in [0.15, 0.2) is 0 Å². The molecular weight excluding hydrogens is 370 g/mol. The largest absolute Gasteiger partial charge is 0.342 e. The molecule has 1 aromatic carbocycles. The Labute approximate surface area is 164 Å². The van der Waals surface area contributed by atoms with Crippen LogP contribution in [0.15, 0.2) is 24.3 Å². The molecule has 0 aromatic heterocycles. The Hall–Kier alpha value is -1.24. The summed E-state index contributed by atoms with van der Waals surface area (Å²) in [7, 11) is 0. The van der Waals surface area contributed by atoms with Gasteiger partial charge in [-0.05, 0) is 30.9 Å². The predicted octanol–water partition coefficient (Wildman–Crippen LogP) is 2.56. The second-order valence-corrected chi connectivity index (χ2v) is 8.16. The van der Waals surface area contributed by atoms with Crippen LogP contribution in [0.25, 0.3) is 0 Å². The average Bonchev–Trinajstić information content (AvgIpc) is 2.69. The fraction of sp³-hybridized carbons (Fsp3) is 0.579. The van der Waals surface area contributed by atoms with Crippen molar-refractivity contribution in [3.8, 4) is 0 Å². The smallest absolute Gasteiger partial charge is 0.233 e. The van der Waals surface area contributed by atoms with Gasteiger partial charge >= 0.3 is 0 Å². The molecule has 1 aromatic rings. The molecule has 0 saturated carbocycles. The summed E-state index contributed by atoms with van der Waals surface area (Å²) < 4.78 is 0. The van der Waals surface area contributed by atoms with Gasteiger partial charge < -0.3 is 15.1 Å². The first-order chi connectivity index (χ1) is 12.7. The molecule has 142 valence electrons. The van der Waals surface area contributed by atoms with Crippen LogP contribution in [-0.4, -0.2) is 65.8 Å². The lowest BCUT2D eigenvalue weighted by Gasteiger charge is -2.37. The molecule has 5 nitrogen and oxygen atoms in total. The first-order valence-electron chi connectivity index (χ1n) is 9.27. The Morgan fingerprint density at radius 1 is 1.08 bits per heavy atom. The van der Waals surface area contributed by atoms with E-state index in [9.17, 15) is 9.59 Å². The Kier molecular flexibility index (Phi) is 7.23. The van der Waals surface area contributed by atoms with Crippen LogP contribution in [0.4, 0.5) is 0 Å². The van der Waals surface area contributed by atoms with Crippen molar-refractivity contribution in [2.24, 2.45) is 0 Å². The summed E-state index contributed by atoms with van der Waals surface area (Å²) >= 11 is 7.76. The summed E-state index contributed by atoms with van der Waals surface area (Å²) in [5, 5.41) is 4.03. The molecule has 1 atom stereocenters. The Morgan fingerprint density at radius 2 is 1.81 bits per heavy atom. The molecule has 2 saturated heterocycles. The van der Waals surface area contributed by atoms with Gasteiger partial charge in [0.1, 0.15) is 0 Å². The normalized spacial score (nSPS) is 20.9. The number of benzene rings is 1. The number of nitrogens with zero attached hydrogens (tertiary/aromatic N) is 2. The molecule has 2 aliphatic rings. The van der Waals surface area contributed by atoms with Crippen LogP contribution in [0.5, 0.6) is 0 Å². The molecular formula is C19H26ClN3O2S. The van der Waals surface area contributed by atoms with E-state index < -0.39 is 0 Å². The van der Waals surface area contributed by atoms with Crippen molar-refractivity contribution >= 4 is 35.2 Å². The lowest BCUT2D eigenvalue weighted by molar-refractivity contribution is -0.131. The predicted molar refractivity (Wildman–Crippen MR) is 107 cm³/mol. The minimum absolute atomic E-state index is 0.0525. The Bertz CT molecular complexity index is 637. The number of piperazine rings is 1. The second kappa shape index (κ2) is 9.62. The molecule has 7 heteroatoms. The number of carbonyl (C=O) groups excluding carboxylic acids is 2. The summed E-state index contributed by atoms with van der Waals surface area (Å²) in [4.78, 5) is 28.8. The number of halogens is 1. The summed E-state index contributed by atoms with van der Waals surface area (Å²) in [6, 6.07) is 7.64. The van der Waals surface area contributed by atoms with E-state index in [-0.39, 0.29) is 17.9 Å². The molecule has 3 rings (SSSR count). The van der Waals surface area contributed by atoms with Crippen molar-refractivity contribution in [1.82, 2.24) is 15.1 Å². The zero-order chi connectivity index (χ0) is 18.4. The molecule has 2 amide bonds. The third-order valence-electron chi connectivity index (χ3n) is 4.99. The van der Waals surface area contributed by atoms with E-state index in [2.05, 4.69) is 5.32 Å². The Morgan fingerprint density at radius 3 is 2.58 bits per heavy atom. The van der Waals surface area contributed by atoms with Crippen LogP contribution < -0.4 is 5.32 Å². The van der Waals surface area contributed by atoms with E-state index in [0.717, 1.165) is 38.0 Å². The highest BCUT2D eigenvalue weighted by atomic mass is 35.5. The summed E-state index contributed by atoms with van der Waals surface area (Å²) in [5.41, 5.74) is 0.976. The highest BCUT2D eigenvalue weighted by Crippen LogP contribution is 2.29. The zero-order valence-electron chi connectivity index (χ0n) is 15.0. The molecule has 26 heavy (non-hydrogen) atoms. The van der Waals surface area contributed by atoms with Crippen LogP contribution in [0.2, 0.25) is 5.02 Å². The van der Waals surface area contributed by atoms with Crippen molar-refractivity contribution in [2.75, 3.05) is 44.2 Å². The lowest BCUT2D eigenvalue weighted by Crippen LogP contribution is -2.49. The number of nitrogens with one attached hydrogen (secondary N) is 1. The van der Waals surface area contributed by atoms with Crippen LogP contribution in [0.1, 0.15) is 30.9 Å². The summed E-state index contributed by atoms with van der Waals surface area (Å²) in [5.74, 6) is 0.952. The van der Waals surface area contributed by atoms with Gasteiger partial charge in [0, 0.05) is 37.7 Å². The van der Waals surface area contributed by atoms with Crippen molar-refractivity contribution in [2.45, 2.75) is 25.3 Å². The van der Waals surface area contributed by atoms with Crippen molar-refractivity contribution in [3.05, 3.63) is 34.9 Å². The number of hydrogen-bond donors (Lipinski definition) is 1. The standard InChI is InChI=1S/C19H26ClN3O2S/c20-16-7-3-2-6-15(16)17-12-21-8-11-23(17)19(25)14-26-13-18(24)22-9-4-1-5-10-22/h2-3,6-7,17,21H,1,4-5,8-14H2. The number of carbonyl (C=O) groups is 2. The van der Waals surface area contributed by atoms with Gasteiger partial charge in [-0.1, -0.05) is 29.8 Å². The lowest BCUT2D eigenvalue weighted by atomic mass is 10.0. The first-order valence-corrected chi connectivity index (χ1v) is 10.8. The maximum atomic E-state index is 12.8. The van der Waals surface area contributed by atoms with Gasteiger partial charge in [-0.3, -0.25) is 9.59 Å². The highest BCUT2D eigenvalue weighted by Gasteiger charge is 2.29. The zero-order valence-corrected chi connectivity index (χ0v) is 16.5. The van der Waals surface area contributed by atoms with E-state index in [1.54, 1.807) is 0 Å². The molecule has 0 bridgehead atoms. The van der Waals surface area contributed by atoms with Gasteiger partial charge in [-0.25, -0.2) is 0 Å². The van der Waals surface area contributed by atoms with Crippen LogP contribution in [0.3, 0.4) is 0 Å². The monoisotopic (exact) mass is 395 g/mol. The van der Waals surface area contributed by atoms with Crippen LogP contribution in [0, 0.1) is 0 Å². The quantitative estimate of drug-likeness (QED) is 0.832.